The highest BCUT2D eigenvalue weighted by Gasteiger charge is 2.29. The molecular weight excluding hydrogens is 332 g/mol. The molecule has 0 aliphatic carbocycles. The minimum atomic E-state index is -3.07. The first-order valence-electron chi connectivity index (χ1n) is 7.82. The average Bonchev–Trinajstić information content (AvgIpc) is 2.84. The number of amides is 2. The Bertz CT molecular complexity index is 717. The van der Waals surface area contributed by atoms with E-state index in [1.807, 2.05) is 6.92 Å². The monoisotopic (exact) mass is 354 g/mol. The summed E-state index contributed by atoms with van der Waals surface area (Å²) in [5, 5.41) is 2.69. The van der Waals surface area contributed by atoms with Crippen molar-refractivity contribution in [1.82, 2.24) is 5.32 Å². The summed E-state index contributed by atoms with van der Waals surface area (Å²) in [5.41, 5.74) is 0.515. The van der Waals surface area contributed by atoms with E-state index in [4.69, 9.17) is 4.74 Å². The molecule has 0 aromatic heterocycles. The minimum Gasteiger partial charge on any atom is -0.492 e. The van der Waals surface area contributed by atoms with Gasteiger partial charge in [-0.15, -0.1) is 0 Å². The van der Waals surface area contributed by atoms with Gasteiger partial charge in [0, 0.05) is 13.0 Å². The summed E-state index contributed by atoms with van der Waals surface area (Å²) in [6.07, 6.45) is 0.406. The largest absolute Gasteiger partial charge is 0.492 e. The van der Waals surface area contributed by atoms with Gasteiger partial charge < -0.3 is 10.1 Å². The molecule has 1 aliphatic heterocycles. The lowest BCUT2D eigenvalue weighted by Gasteiger charge is -2.24. The van der Waals surface area contributed by atoms with E-state index >= 15 is 0 Å². The lowest BCUT2D eigenvalue weighted by molar-refractivity contribution is -0.123. The van der Waals surface area contributed by atoms with Crippen LogP contribution in [0, 0.1) is 0 Å². The van der Waals surface area contributed by atoms with Crippen LogP contribution in [0.1, 0.15) is 20.3 Å². The fourth-order valence-corrected chi connectivity index (χ4v) is 4.32. The second-order valence-electron chi connectivity index (χ2n) is 5.67. The zero-order valence-corrected chi connectivity index (χ0v) is 14.6. The number of anilines is 1. The van der Waals surface area contributed by atoms with Gasteiger partial charge in [-0.1, -0.05) is 12.1 Å². The van der Waals surface area contributed by atoms with Crippen LogP contribution in [-0.2, 0) is 19.4 Å². The Kier molecular flexibility index (Phi) is 5.82. The molecule has 8 heteroatoms. The highest BCUT2D eigenvalue weighted by molar-refractivity contribution is 7.91. The first-order chi connectivity index (χ1) is 11.3. The Balaban J connectivity index is 2.09. The third-order valence-electron chi connectivity index (χ3n) is 3.74. The van der Waals surface area contributed by atoms with Gasteiger partial charge in [-0.3, -0.25) is 14.5 Å². The zero-order valence-electron chi connectivity index (χ0n) is 13.8. The number of ether oxygens (including phenoxy) is 1. The van der Waals surface area contributed by atoms with Crippen molar-refractivity contribution < 1.29 is 22.7 Å². The summed E-state index contributed by atoms with van der Waals surface area (Å²) in [5.74, 6) is -0.128. The van der Waals surface area contributed by atoms with Crippen molar-refractivity contribution >= 4 is 27.3 Å². The van der Waals surface area contributed by atoms with Crippen molar-refractivity contribution in [3.8, 4) is 5.75 Å². The molecule has 1 N–H and O–H groups in total. The molecule has 24 heavy (non-hydrogen) atoms. The molecule has 1 saturated heterocycles. The fourth-order valence-electron chi connectivity index (χ4n) is 2.65. The Hall–Kier alpha value is -2.09. The Morgan fingerprint density at radius 2 is 2.04 bits per heavy atom. The van der Waals surface area contributed by atoms with E-state index in [2.05, 4.69) is 5.32 Å². The van der Waals surface area contributed by atoms with Crippen LogP contribution in [0.4, 0.5) is 5.69 Å². The molecule has 0 saturated carbocycles. The van der Waals surface area contributed by atoms with Crippen molar-refractivity contribution in [2.75, 3.05) is 29.6 Å². The van der Waals surface area contributed by atoms with Crippen molar-refractivity contribution in [2.24, 2.45) is 0 Å². The minimum absolute atomic E-state index is 0.0473. The lowest BCUT2D eigenvalue weighted by Crippen LogP contribution is -2.44. The number of rotatable bonds is 6. The summed E-state index contributed by atoms with van der Waals surface area (Å²) in [4.78, 5) is 25.5. The molecule has 1 heterocycles. The van der Waals surface area contributed by atoms with Crippen LogP contribution in [0.3, 0.4) is 0 Å². The van der Waals surface area contributed by atoms with Crippen LogP contribution < -0.4 is 15.0 Å². The van der Waals surface area contributed by atoms with Gasteiger partial charge in [0.05, 0.1) is 23.8 Å². The predicted octanol–water partition coefficient (Wildman–Crippen LogP) is 0.741. The smallest absolute Gasteiger partial charge is 0.240 e. The van der Waals surface area contributed by atoms with Gasteiger partial charge in [-0.2, -0.15) is 0 Å². The summed E-state index contributed by atoms with van der Waals surface area (Å²) >= 11 is 0. The molecule has 2 amide bonds. The molecule has 1 atom stereocenters. The predicted molar refractivity (Wildman–Crippen MR) is 90.8 cm³/mol. The summed E-state index contributed by atoms with van der Waals surface area (Å²) in [6.45, 7) is 3.46. The van der Waals surface area contributed by atoms with E-state index < -0.39 is 21.8 Å². The van der Waals surface area contributed by atoms with Gasteiger partial charge in [-0.05, 0) is 25.5 Å². The maximum atomic E-state index is 12.2. The van der Waals surface area contributed by atoms with Gasteiger partial charge in [0.15, 0.2) is 9.84 Å². The summed E-state index contributed by atoms with van der Waals surface area (Å²) in [7, 11) is -3.07. The molecule has 0 spiro atoms. The topological polar surface area (TPSA) is 92.8 Å². The van der Waals surface area contributed by atoms with E-state index in [0.717, 1.165) is 0 Å². The third-order valence-corrected chi connectivity index (χ3v) is 5.50. The SMILES string of the molecule is CCOc1ccccc1N(CC(=O)NC1CCS(=O)(=O)C1)C(C)=O. The molecule has 1 fully saturated rings. The van der Waals surface area contributed by atoms with Gasteiger partial charge in [0.2, 0.25) is 11.8 Å². The summed E-state index contributed by atoms with van der Waals surface area (Å²) in [6, 6.07) is 6.60. The van der Waals surface area contributed by atoms with E-state index in [9.17, 15) is 18.0 Å². The number of nitrogens with one attached hydrogen (secondary N) is 1. The van der Waals surface area contributed by atoms with Crippen LogP contribution in [-0.4, -0.2) is 50.9 Å². The molecule has 1 aromatic rings. The van der Waals surface area contributed by atoms with Crippen molar-refractivity contribution in [2.45, 2.75) is 26.3 Å². The number of para-hydroxylation sites is 2. The molecule has 1 aliphatic rings. The first-order valence-corrected chi connectivity index (χ1v) is 9.64. The summed E-state index contributed by atoms with van der Waals surface area (Å²) < 4.78 is 28.4. The number of hydrogen-bond acceptors (Lipinski definition) is 5. The molecule has 7 nitrogen and oxygen atoms in total. The van der Waals surface area contributed by atoms with E-state index in [-0.39, 0.29) is 24.0 Å². The average molecular weight is 354 g/mol. The normalized spacial score (nSPS) is 18.8. The second-order valence-corrected chi connectivity index (χ2v) is 7.90. The lowest BCUT2D eigenvalue weighted by atomic mass is 10.2. The van der Waals surface area contributed by atoms with Gasteiger partial charge in [0.25, 0.3) is 0 Å². The number of nitrogens with zero attached hydrogens (tertiary/aromatic N) is 1. The highest BCUT2D eigenvalue weighted by atomic mass is 32.2. The Labute approximate surface area is 141 Å². The maximum Gasteiger partial charge on any atom is 0.240 e. The van der Waals surface area contributed by atoms with Crippen LogP contribution in [0.25, 0.3) is 0 Å². The fraction of sp³-hybridized carbons (Fsp3) is 0.500. The van der Waals surface area contributed by atoms with Crippen LogP contribution in [0.15, 0.2) is 24.3 Å². The number of carbonyl (C=O) groups excluding carboxylic acids is 2. The van der Waals surface area contributed by atoms with Crippen LogP contribution in [0.2, 0.25) is 0 Å². The van der Waals surface area contributed by atoms with Crippen LogP contribution >= 0.6 is 0 Å². The quantitative estimate of drug-likeness (QED) is 0.813. The number of sulfone groups is 1. The van der Waals surface area contributed by atoms with Crippen molar-refractivity contribution in [1.29, 1.82) is 0 Å². The van der Waals surface area contributed by atoms with Crippen LogP contribution in [0.5, 0.6) is 5.75 Å². The van der Waals surface area contributed by atoms with Gasteiger partial charge >= 0.3 is 0 Å². The van der Waals surface area contributed by atoms with E-state index in [0.29, 0.717) is 24.5 Å². The maximum absolute atomic E-state index is 12.2. The molecule has 1 aromatic carbocycles. The molecule has 132 valence electrons. The van der Waals surface area contributed by atoms with Gasteiger partial charge in [-0.25, -0.2) is 8.42 Å². The molecule has 0 bridgehead atoms. The molecule has 0 radical (unpaired) electrons. The highest BCUT2D eigenvalue weighted by Crippen LogP contribution is 2.28. The third kappa shape index (κ3) is 4.70. The first kappa shape index (κ1) is 18.3. The number of benzene rings is 1. The van der Waals surface area contributed by atoms with E-state index in [1.165, 1.54) is 11.8 Å². The zero-order chi connectivity index (χ0) is 17.7. The second kappa shape index (κ2) is 7.65. The number of hydrogen-bond donors (Lipinski definition) is 1. The van der Waals surface area contributed by atoms with Crippen molar-refractivity contribution in [3.05, 3.63) is 24.3 Å². The Morgan fingerprint density at radius 1 is 1.33 bits per heavy atom. The molecular formula is C16H22N2O5S. The van der Waals surface area contributed by atoms with E-state index in [1.54, 1.807) is 24.3 Å². The standard InChI is InChI=1S/C16H22N2O5S/c1-3-23-15-7-5-4-6-14(15)18(12(2)19)10-16(20)17-13-8-9-24(21,22)11-13/h4-7,13H,3,8-11H2,1-2H3,(H,17,20). The molecule has 2 rings (SSSR count). The number of carbonyl (C=O) groups is 2. The molecule has 1 unspecified atom stereocenters. The van der Waals surface area contributed by atoms with Crippen molar-refractivity contribution in [3.63, 3.8) is 0 Å². The van der Waals surface area contributed by atoms with Gasteiger partial charge in [0.1, 0.15) is 12.3 Å². The Morgan fingerprint density at radius 3 is 2.62 bits per heavy atom.